The fourth-order valence-electron chi connectivity index (χ4n) is 4.21. The van der Waals surface area contributed by atoms with Crippen molar-refractivity contribution < 1.29 is 19.1 Å². The minimum Gasteiger partial charge on any atom is -0.469 e. The molecule has 0 saturated carbocycles. The normalized spacial score (nSPS) is 20.9. The van der Waals surface area contributed by atoms with E-state index in [0.29, 0.717) is 51.9 Å². The lowest BCUT2D eigenvalue weighted by molar-refractivity contribution is -0.151. The van der Waals surface area contributed by atoms with Crippen molar-refractivity contribution >= 4 is 17.8 Å². The first-order valence-corrected chi connectivity index (χ1v) is 10.3. The molecule has 6 heteroatoms. The van der Waals surface area contributed by atoms with E-state index >= 15 is 0 Å². The number of carbonyl (C=O) groups excluding carboxylic acids is 3. The summed E-state index contributed by atoms with van der Waals surface area (Å²) in [6.07, 6.45) is 4.23. The number of piperidine rings is 2. The van der Waals surface area contributed by atoms with Gasteiger partial charge in [0.1, 0.15) is 0 Å². The molecule has 2 aliphatic heterocycles. The van der Waals surface area contributed by atoms with Gasteiger partial charge in [0.05, 0.1) is 18.9 Å². The minimum absolute atomic E-state index is 0.100. The molecule has 2 heterocycles. The van der Waals surface area contributed by atoms with Crippen molar-refractivity contribution in [3.63, 3.8) is 0 Å². The molecule has 0 aromatic heterocycles. The van der Waals surface area contributed by atoms with Gasteiger partial charge in [-0.2, -0.15) is 0 Å². The quantitative estimate of drug-likeness (QED) is 0.704. The van der Waals surface area contributed by atoms with E-state index < -0.39 is 0 Å². The Labute approximate surface area is 166 Å². The van der Waals surface area contributed by atoms with Crippen LogP contribution < -0.4 is 0 Å². The van der Waals surface area contributed by atoms with E-state index in [-0.39, 0.29) is 29.6 Å². The average molecular weight is 386 g/mol. The Hall–Kier alpha value is -2.37. The lowest BCUT2D eigenvalue weighted by Gasteiger charge is -2.37. The summed E-state index contributed by atoms with van der Waals surface area (Å²) in [6.45, 7) is 2.40. The summed E-state index contributed by atoms with van der Waals surface area (Å²) in [5.41, 5.74) is 1.27. The maximum atomic E-state index is 12.9. The van der Waals surface area contributed by atoms with Gasteiger partial charge in [-0.1, -0.05) is 30.3 Å². The fourth-order valence-corrected chi connectivity index (χ4v) is 4.21. The highest BCUT2D eigenvalue weighted by Crippen LogP contribution is 2.24. The molecule has 0 bridgehead atoms. The van der Waals surface area contributed by atoms with Crippen LogP contribution in [0, 0.1) is 11.8 Å². The van der Waals surface area contributed by atoms with Crippen molar-refractivity contribution in [2.75, 3.05) is 33.3 Å². The van der Waals surface area contributed by atoms with Gasteiger partial charge in [-0.3, -0.25) is 14.4 Å². The molecule has 0 unspecified atom stereocenters. The van der Waals surface area contributed by atoms with E-state index in [2.05, 4.69) is 12.1 Å². The lowest BCUT2D eigenvalue weighted by atomic mass is 9.92. The first kappa shape index (κ1) is 20.4. The molecule has 1 aromatic carbocycles. The first-order chi connectivity index (χ1) is 13.6. The molecule has 152 valence electrons. The number of aryl methyl sites for hydroxylation is 1. The number of amides is 2. The van der Waals surface area contributed by atoms with Crippen LogP contribution in [0.5, 0.6) is 0 Å². The molecule has 2 aliphatic rings. The molecule has 2 amide bonds. The third-order valence-corrected chi connectivity index (χ3v) is 5.93. The number of carbonyl (C=O) groups is 3. The molecule has 6 nitrogen and oxygen atoms in total. The van der Waals surface area contributed by atoms with Gasteiger partial charge in [-0.15, -0.1) is 0 Å². The van der Waals surface area contributed by atoms with Crippen LogP contribution in [0.15, 0.2) is 30.3 Å². The first-order valence-electron chi connectivity index (χ1n) is 10.3. The Morgan fingerprint density at radius 2 is 1.79 bits per heavy atom. The second-order valence-electron chi connectivity index (χ2n) is 7.79. The highest BCUT2D eigenvalue weighted by atomic mass is 16.5. The van der Waals surface area contributed by atoms with E-state index in [0.717, 1.165) is 12.8 Å². The van der Waals surface area contributed by atoms with Gasteiger partial charge in [-0.25, -0.2) is 0 Å². The molecule has 0 aliphatic carbocycles. The van der Waals surface area contributed by atoms with Gasteiger partial charge >= 0.3 is 5.97 Å². The maximum Gasteiger partial charge on any atom is 0.308 e. The van der Waals surface area contributed by atoms with Crippen molar-refractivity contribution in [2.45, 2.75) is 38.5 Å². The van der Waals surface area contributed by atoms with E-state index in [1.54, 1.807) is 0 Å². The van der Waals surface area contributed by atoms with Gasteiger partial charge < -0.3 is 14.5 Å². The fraction of sp³-hybridized carbons (Fsp3) is 0.591. The van der Waals surface area contributed by atoms with E-state index in [9.17, 15) is 14.4 Å². The van der Waals surface area contributed by atoms with Crippen LogP contribution >= 0.6 is 0 Å². The van der Waals surface area contributed by atoms with Crippen LogP contribution in [0.3, 0.4) is 0 Å². The minimum atomic E-state index is -0.181. The van der Waals surface area contributed by atoms with E-state index in [1.165, 1.54) is 12.7 Å². The van der Waals surface area contributed by atoms with Gasteiger partial charge in [0.15, 0.2) is 0 Å². The summed E-state index contributed by atoms with van der Waals surface area (Å²) in [4.78, 5) is 40.6. The maximum absolute atomic E-state index is 12.9. The number of nitrogens with zero attached hydrogens (tertiary/aromatic N) is 2. The molecular weight excluding hydrogens is 356 g/mol. The van der Waals surface area contributed by atoms with Gasteiger partial charge in [-0.05, 0) is 37.7 Å². The van der Waals surface area contributed by atoms with E-state index in [4.69, 9.17) is 4.74 Å². The molecule has 1 aromatic rings. The highest BCUT2D eigenvalue weighted by molar-refractivity contribution is 5.84. The summed E-state index contributed by atoms with van der Waals surface area (Å²) in [5.74, 6) is -0.120. The number of esters is 1. The van der Waals surface area contributed by atoms with Crippen LogP contribution in [0.25, 0.3) is 0 Å². The summed E-state index contributed by atoms with van der Waals surface area (Å²) in [6, 6.07) is 10.3. The van der Waals surface area contributed by atoms with Crippen LogP contribution in [0.1, 0.15) is 37.7 Å². The second kappa shape index (κ2) is 9.71. The van der Waals surface area contributed by atoms with Crippen LogP contribution in [-0.2, 0) is 25.5 Å². The molecular formula is C22H30N2O4. The lowest BCUT2D eigenvalue weighted by Crippen LogP contribution is -2.49. The molecule has 2 saturated heterocycles. The largest absolute Gasteiger partial charge is 0.469 e. The number of benzene rings is 1. The molecule has 1 atom stereocenters. The third-order valence-electron chi connectivity index (χ3n) is 5.93. The van der Waals surface area contributed by atoms with Crippen LogP contribution in [0.4, 0.5) is 0 Å². The number of ether oxygens (including phenoxy) is 1. The third kappa shape index (κ3) is 5.12. The topological polar surface area (TPSA) is 66.9 Å². The standard InChI is InChI=1S/C22H30N2O4/c1-28-22(27)18-11-14-23(15-12-18)21(26)19-9-10-20(25)24(16-19)13-5-8-17-6-3-2-4-7-17/h2-4,6-7,18-19H,5,8-16H2,1H3/t19-/m0/s1. The average Bonchev–Trinajstić information content (AvgIpc) is 2.75. The number of likely N-dealkylation sites (tertiary alicyclic amines) is 2. The zero-order valence-electron chi connectivity index (χ0n) is 16.6. The molecule has 3 rings (SSSR count). The summed E-state index contributed by atoms with van der Waals surface area (Å²) in [7, 11) is 1.41. The smallest absolute Gasteiger partial charge is 0.308 e. The Balaban J connectivity index is 1.47. The molecule has 0 N–H and O–H groups in total. The van der Waals surface area contributed by atoms with Crippen LogP contribution in [-0.4, -0.2) is 60.9 Å². The number of hydrogen-bond acceptors (Lipinski definition) is 4. The van der Waals surface area contributed by atoms with Crippen molar-refractivity contribution in [3.05, 3.63) is 35.9 Å². The summed E-state index contributed by atoms with van der Waals surface area (Å²) in [5, 5.41) is 0. The SMILES string of the molecule is COC(=O)C1CCN(C(=O)[C@H]2CCC(=O)N(CCCc3ccccc3)C2)CC1. The summed E-state index contributed by atoms with van der Waals surface area (Å²) < 4.78 is 4.81. The zero-order chi connectivity index (χ0) is 19.9. The van der Waals surface area contributed by atoms with Crippen LogP contribution in [0.2, 0.25) is 0 Å². The van der Waals surface area contributed by atoms with Crippen molar-refractivity contribution in [1.29, 1.82) is 0 Å². The predicted octanol–water partition coefficient (Wildman–Crippen LogP) is 2.27. The van der Waals surface area contributed by atoms with Crippen molar-refractivity contribution in [2.24, 2.45) is 11.8 Å². The molecule has 2 fully saturated rings. The van der Waals surface area contributed by atoms with Gasteiger partial charge in [0, 0.05) is 32.6 Å². The Morgan fingerprint density at radius 3 is 2.46 bits per heavy atom. The molecule has 28 heavy (non-hydrogen) atoms. The van der Waals surface area contributed by atoms with Crippen molar-refractivity contribution in [3.8, 4) is 0 Å². The molecule has 0 spiro atoms. The number of methoxy groups -OCH3 is 1. The summed E-state index contributed by atoms with van der Waals surface area (Å²) >= 11 is 0. The molecule has 0 radical (unpaired) electrons. The number of hydrogen-bond donors (Lipinski definition) is 0. The Kier molecular flexibility index (Phi) is 7.06. The van der Waals surface area contributed by atoms with Gasteiger partial charge in [0.2, 0.25) is 11.8 Å². The van der Waals surface area contributed by atoms with Gasteiger partial charge in [0.25, 0.3) is 0 Å². The Bertz CT molecular complexity index is 683. The van der Waals surface area contributed by atoms with Crippen molar-refractivity contribution in [1.82, 2.24) is 9.80 Å². The van der Waals surface area contributed by atoms with E-state index in [1.807, 2.05) is 28.0 Å². The Morgan fingerprint density at radius 1 is 1.07 bits per heavy atom. The predicted molar refractivity (Wildman–Crippen MR) is 105 cm³/mol. The second-order valence-corrected chi connectivity index (χ2v) is 7.79. The zero-order valence-corrected chi connectivity index (χ0v) is 16.6. The monoisotopic (exact) mass is 386 g/mol. The highest BCUT2D eigenvalue weighted by Gasteiger charge is 2.35. The number of rotatable bonds is 6.